The summed E-state index contributed by atoms with van der Waals surface area (Å²) >= 11 is 7.65. The molecule has 1 heterocycles. The Bertz CT molecular complexity index is 734. The number of benzene rings is 2. The summed E-state index contributed by atoms with van der Waals surface area (Å²) in [5, 5.41) is 0.408. The highest BCUT2D eigenvalue weighted by Gasteiger charge is 2.36. The van der Waals surface area contributed by atoms with Gasteiger partial charge in [0.15, 0.2) is 0 Å². The van der Waals surface area contributed by atoms with Gasteiger partial charge in [0.1, 0.15) is 0 Å². The Kier molecular flexibility index (Phi) is 4.26. The summed E-state index contributed by atoms with van der Waals surface area (Å²) in [5.41, 5.74) is 0.921. The third kappa shape index (κ3) is 2.97. The molecule has 3 rings (SSSR count). The van der Waals surface area contributed by atoms with Gasteiger partial charge in [-0.3, -0.25) is 0 Å². The Morgan fingerprint density at radius 3 is 2.57 bits per heavy atom. The van der Waals surface area contributed by atoms with Crippen LogP contribution in [0.3, 0.4) is 0 Å². The maximum atomic E-state index is 12.8. The van der Waals surface area contributed by atoms with E-state index < -0.39 is 10.0 Å². The summed E-state index contributed by atoms with van der Waals surface area (Å²) in [6, 6.07) is 16.0. The standard InChI is InChI=1S/C15H14ClNO2S2/c16-13-6-4-5-12(11-13)15-17(9-10-20-15)21(18,19)14-7-2-1-3-8-14/h1-8,11,15H,9-10H2/t15-/m0/s1. The molecule has 1 saturated heterocycles. The molecule has 0 spiro atoms. The van der Waals surface area contributed by atoms with Crippen LogP contribution < -0.4 is 0 Å². The average Bonchev–Trinajstić information content (AvgIpc) is 2.98. The van der Waals surface area contributed by atoms with Crippen molar-refractivity contribution in [3.63, 3.8) is 0 Å². The first-order valence-electron chi connectivity index (χ1n) is 6.53. The molecule has 0 aliphatic carbocycles. The first-order valence-corrected chi connectivity index (χ1v) is 9.40. The fraction of sp³-hybridized carbons (Fsp3) is 0.200. The minimum absolute atomic E-state index is 0.214. The molecule has 110 valence electrons. The van der Waals surface area contributed by atoms with Crippen LogP contribution in [0.1, 0.15) is 10.9 Å². The minimum Gasteiger partial charge on any atom is -0.207 e. The van der Waals surface area contributed by atoms with E-state index in [1.54, 1.807) is 46.4 Å². The molecule has 2 aromatic rings. The maximum absolute atomic E-state index is 12.8. The molecule has 1 atom stereocenters. The first kappa shape index (κ1) is 14.9. The normalized spacial score (nSPS) is 19.8. The molecule has 0 N–H and O–H groups in total. The number of sulfonamides is 1. The number of halogens is 1. The molecule has 1 aliphatic heterocycles. The van der Waals surface area contributed by atoms with Gasteiger partial charge in [-0.1, -0.05) is 41.9 Å². The molecule has 0 amide bonds. The highest BCUT2D eigenvalue weighted by Crippen LogP contribution is 2.41. The molecule has 21 heavy (non-hydrogen) atoms. The summed E-state index contributed by atoms with van der Waals surface area (Å²) in [6.45, 7) is 0.513. The second-order valence-electron chi connectivity index (χ2n) is 4.71. The molecule has 0 unspecified atom stereocenters. The average molecular weight is 340 g/mol. The van der Waals surface area contributed by atoms with Gasteiger partial charge in [0.25, 0.3) is 0 Å². The lowest BCUT2D eigenvalue weighted by Gasteiger charge is -2.23. The van der Waals surface area contributed by atoms with E-state index in [-0.39, 0.29) is 5.37 Å². The van der Waals surface area contributed by atoms with Gasteiger partial charge in [0.05, 0.1) is 10.3 Å². The van der Waals surface area contributed by atoms with E-state index in [0.29, 0.717) is 16.5 Å². The largest absolute Gasteiger partial charge is 0.244 e. The molecular weight excluding hydrogens is 326 g/mol. The zero-order valence-corrected chi connectivity index (χ0v) is 13.5. The molecule has 0 bridgehead atoms. The van der Waals surface area contributed by atoms with Crippen molar-refractivity contribution >= 4 is 33.4 Å². The van der Waals surface area contributed by atoms with Crippen LogP contribution in [-0.4, -0.2) is 25.0 Å². The van der Waals surface area contributed by atoms with Crippen molar-refractivity contribution in [2.75, 3.05) is 12.3 Å². The molecule has 0 radical (unpaired) electrons. The first-order chi connectivity index (χ1) is 10.1. The van der Waals surface area contributed by atoms with Crippen molar-refractivity contribution in [2.24, 2.45) is 0 Å². The van der Waals surface area contributed by atoms with Crippen LogP contribution in [0, 0.1) is 0 Å². The fourth-order valence-electron chi connectivity index (χ4n) is 2.35. The SMILES string of the molecule is O=S(=O)(c1ccccc1)N1CCS[C@H]1c1cccc(Cl)c1. The molecule has 0 saturated carbocycles. The zero-order valence-electron chi connectivity index (χ0n) is 11.1. The Labute approximate surface area is 134 Å². The Balaban J connectivity index is 1.98. The fourth-order valence-corrected chi connectivity index (χ4v) is 5.80. The van der Waals surface area contributed by atoms with Gasteiger partial charge >= 0.3 is 0 Å². The van der Waals surface area contributed by atoms with Crippen molar-refractivity contribution in [3.05, 3.63) is 65.2 Å². The van der Waals surface area contributed by atoms with E-state index in [0.717, 1.165) is 11.3 Å². The van der Waals surface area contributed by atoms with Gasteiger partial charge in [0, 0.05) is 17.3 Å². The van der Waals surface area contributed by atoms with E-state index >= 15 is 0 Å². The number of hydrogen-bond donors (Lipinski definition) is 0. The van der Waals surface area contributed by atoms with E-state index in [2.05, 4.69) is 0 Å². The Morgan fingerprint density at radius 2 is 1.86 bits per heavy atom. The van der Waals surface area contributed by atoms with Crippen LogP contribution in [0.25, 0.3) is 0 Å². The minimum atomic E-state index is -3.48. The predicted octanol–water partition coefficient (Wildman–Crippen LogP) is 3.78. The van der Waals surface area contributed by atoms with Crippen LogP contribution in [-0.2, 0) is 10.0 Å². The smallest absolute Gasteiger partial charge is 0.207 e. The van der Waals surface area contributed by atoms with Gasteiger partial charge in [-0.15, -0.1) is 11.8 Å². The van der Waals surface area contributed by atoms with Crippen LogP contribution in [0.4, 0.5) is 0 Å². The summed E-state index contributed by atoms with van der Waals surface area (Å²) in [7, 11) is -3.48. The van der Waals surface area contributed by atoms with E-state index in [1.165, 1.54) is 0 Å². The molecule has 1 aliphatic rings. The molecule has 2 aromatic carbocycles. The summed E-state index contributed by atoms with van der Waals surface area (Å²) in [4.78, 5) is 0.333. The number of hydrogen-bond acceptors (Lipinski definition) is 3. The van der Waals surface area contributed by atoms with Gasteiger partial charge < -0.3 is 0 Å². The highest BCUT2D eigenvalue weighted by atomic mass is 35.5. The van der Waals surface area contributed by atoms with Crippen molar-refractivity contribution in [1.29, 1.82) is 0 Å². The van der Waals surface area contributed by atoms with E-state index in [9.17, 15) is 8.42 Å². The molecule has 3 nitrogen and oxygen atoms in total. The number of rotatable bonds is 3. The topological polar surface area (TPSA) is 37.4 Å². The number of thioether (sulfide) groups is 1. The van der Waals surface area contributed by atoms with Crippen molar-refractivity contribution < 1.29 is 8.42 Å². The van der Waals surface area contributed by atoms with Crippen LogP contribution in [0.15, 0.2) is 59.5 Å². The van der Waals surface area contributed by atoms with Crippen LogP contribution >= 0.6 is 23.4 Å². The summed E-state index contributed by atoms with van der Waals surface area (Å²) in [5.74, 6) is 0.781. The lowest BCUT2D eigenvalue weighted by Crippen LogP contribution is -2.30. The molecular formula is C15H14ClNO2S2. The van der Waals surface area contributed by atoms with Crippen molar-refractivity contribution in [1.82, 2.24) is 4.31 Å². The van der Waals surface area contributed by atoms with Gasteiger partial charge in [-0.2, -0.15) is 4.31 Å². The third-order valence-corrected chi connectivity index (χ3v) is 6.84. The summed E-state index contributed by atoms with van der Waals surface area (Å²) < 4.78 is 27.1. The number of nitrogens with zero attached hydrogens (tertiary/aromatic N) is 1. The van der Waals surface area contributed by atoms with Crippen LogP contribution in [0.5, 0.6) is 0 Å². The van der Waals surface area contributed by atoms with Crippen molar-refractivity contribution in [2.45, 2.75) is 10.3 Å². The van der Waals surface area contributed by atoms with Gasteiger partial charge in [-0.25, -0.2) is 8.42 Å². The van der Waals surface area contributed by atoms with Gasteiger partial charge in [0.2, 0.25) is 10.0 Å². The molecule has 0 aromatic heterocycles. The second-order valence-corrected chi connectivity index (χ2v) is 8.22. The van der Waals surface area contributed by atoms with Crippen molar-refractivity contribution in [3.8, 4) is 0 Å². The quantitative estimate of drug-likeness (QED) is 0.854. The maximum Gasteiger partial charge on any atom is 0.244 e. The second kappa shape index (κ2) is 6.01. The van der Waals surface area contributed by atoms with E-state index in [4.69, 9.17) is 11.6 Å². The lowest BCUT2D eigenvalue weighted by atomic mass is 10.2. The summed E-state index contributed by atoms with van der Waals surface area (Å²) in [6.07, 6.45) is 0. The molecule has 6 heteroatoms. The third-order valence-electron chi connectivity index (χ3n) is 3.33. The van der Waals surface area contributed by atoms with E-state index in [1.807, 2.05) is 24.3 Å². The molecule has 1 fully saturated rings. The Morgan fingerprint density at radius 1 is 1.10 bits per heavy atom. The monoisotopic (exact) mass is 339 g/mol. The Hall–Kier alpha value is -1.01. The van der Waals surface area contributed by atoms with Gasteiger partial charge in [-0.05, 0) is 29.8 Å². The zero-order chi connectivity index (χ0) is 14.9. The predicted molar refractivity (Wildman–Crippen MR) is 87.0 cm³/mol. The van der Waals surface area contributed by atoms with Crippen LogP contribution in [0.2, 0.25) is 5.02 Å². The lowest BCUT2D eigenvalue weighted by molar-refractivity contribution is 0.434. The highest BCUT2D eigenvalue weighted by molar-refractivity contribution is 8.01.